The highest BCUT2D eigenvalue weighted by Gasteiger charge is 2.48. The van der Waals surface area contributed by atoms with Gasteiger partial charge in [-0.1, -0.05) is 12.1 Å². The molecule has 1 saturated heterocycles. The van der Waals surface area contributed by atoms with E-state index in [-0.39, 0.29) is 0 Å². The number of methoxy groups -OCH3 is 1. The number of likely N-dealkylation sites (tertiary alicyclic amines) is 1. The first-order chi connectivity index (χ1) is 9.17. The zero-order valence-electron chi connectivity index (χ0n) is 11.7. The van der Waals surface area contributed by atoms with E-state index in [9.17, 15) is 4.79 Å². The van der Waals surface area contributed by atoms with E-state index in [1.54, 1.807) is 7.11 Å². The predicted octanol–water partition coefficient (Wildman–Crippen LogP) is 2.73. The second kappa shape index (κ2) is 4.55. The summed E-state index contributed by atoms with van der Waals surface area (Å²) in [6.07, 6.45) is 4.68. The first-order valence-electron chi connectivity index (χ1n) is 7.00. The zero-order chi connectivity index (χ0) is 13.5. The Morgan fingerprint density at radius 3 is 2.89 bits per heavy atom. The summed E-state index contributed by atoms with van der Waals surface area (Å²) in [7, 11) is 1.73. The minimum Gasteiger partial charge on any atom is -0.496 e. The lowest BCUT2D eigenvalue weighted by atomic mass is 9.77. The number of amides is 1. The highest BCUT2D eigenvalue weighted by molar-refractivity contribution is 5.50. The molecule has 1 heterocycles. The number of benzene rings is 1. The van der Waals surface area contributed by atoms with Crippen molar-refractivity contribution in [2.24, 2.45) is 5.41 Å². The standard InChI is InChI=1S/C16H21NO2/c1-12-14(4-3-5-15(12)19-2)13-6-7-16(8-13)9-17(10-16)11-18/h3-5,11,13H,6-10H2,1-2H3. The number of rotatable bonds is 3. The van der Waals surface area contributed by atoms with Gasteiger partial charge in [-0.05, 0) is 49.3 Å². The van der Waals surface area contributed by atoms with Crippen LogP contribution in [0, 0.1) is 12.3 Å². The van der Waals surface area contributed by atoms with E-state index in [1.165, 1.54) is 30.4 Å². The zero-order valence-corrected chi connectivity index (χ0v) is 11.7. The van der Waals surface area contributed by atoms with E-state index in [4.69, 9.17) is 4.74 Å². The summed E-state index contributed by atoms with van der Waals surface area (Å²) >= 11 is 0. The van der Waals surface area contributed by atoms with Crippen molar-refractivity contribution in [1.82, 2.24) is 4.90 Å². The van der Waals surface area contributed by atoms with Crippen LogP contribution in [-0.4, -0.2) is 31.5 Å². The molecule has 0 radical (unpaired) electrons. The molecule has 1 unspecified atom stereocenters. The molecule has 1 amide bonds. The Labute approximate surface area is 114 Å². The molecule has 1 aromatic carbocycles. The van der Waals surface area contributed by atoms with Crippen molar-refractivity contribution in [3.63, 3.8) is 0 Å². The lowest BCUT2D eigenvalue weighted by Crippen LogP contribution is -2.54. The van der Waals surface area contributed by atoms with Gasteiger partial charge in [0.25, 0.3) is 0 Å². The lowest BCUT2D eigenvalue weighted by molar-refractivity contribution is -0.129. The van der Waals surface area contributed by atoms with Crippen LogP contribution in [-0.2, 0) is 4.79 Å². The van der Waals surface area contributed by atoms with E-state index >= 15 is 0 Å². The van der Waals surface area contributed by atoms with E-state index in [0.717, 1.165) is 25.2 Å². The summed E-state index contributed by atoms with van der Waals surface area (Å²) in [5.41, 5.74) is 3.11. The van der Waals surface area contributed by atoms with Gasteiger partial charge in [-0.25, -0.2) is 0 Å². The monoisotopic (exact) mass is 259 g/mol. The van der Waals surface area contributed by atoms with Crippen LogP contribution in [0.4, 0.5) is 0 Å². The Morgan fingerprint density at radius 1 is 1.42 bits per heavy atom. The highest BCUT2D eigenvalue weighted by Crippen LogP contribution is 2.52. The molecule has 3 nitrogen and oxygen atoms in total. The molecule has 0 N–H and O–H groups in total. The molecule has 1 spiro atoms. The Kier molecular flexibility index (Phi) is 3.00. The molecule has 0 bridgehead atoms. The van der Waals surface area contributed by atoms with Gasteiger partial charge < -0.3 is 9.64 Å². The SMILES string of the molecule is COc1cccc(C2CCC3(C2)CN(C=O)C3)c1C. The summed E-state index contributed by atoms with van der Waals surface area (Å²) in [6, 6.07) is 6.35. The Morgan fingerprint density at radius 2 is 2.21 bits per heavy atom. The van der Waals surface area contributed by atoms with E-state index < -0.39 is 0 Å². The normalized spacial score (nSPS) is 24.3. The Bertz CT molecular complexity index is 492. The molecule has 2 fully saturated rings. The average Bonchev–Trinajstić information content (AvgIpc) is 2.82. The largest absolute Gasteiger partial charge is 0.496 e. The van der Waals surface area contributed by atoms with Crippen molar-refractivity contribution in [2.45, 2.75) is 32.1 Å². The van der Waals surface area contributed by atoms with Crippen molar-refractivity contribution in [3.8, 4) is 5.75 Å². The van der Waals surface area contributed by atoms with Gasteiger partial charge in [0.2, 0.25) is 6.41 Å². The molecule has 2 aliphatic rings. The molecule has 19 heavy (non-hydrogen) atoms. The van der Waals surface area contributed by atoms with Crippen LogP contribution in [0.3, 0.4) is 0 Å². The van der Waals surface area contributed by atoms with Crippen LogP contribution in [0.2, 0.25) is 0 Å². The average molecular weight is 259 g/mol. The quantitative estimate of drug-likeness (QED) is 0.781. The molecular formula is C16H21NO2. The van der Waals surface area contributed by atoms with Gasteiger partial charge in [-0.15, -0.1) is 0 Å². The third-order valence-electron chi connectivity index (χ3n) is 4.91. The van der Waals surface area contributed by atoms with Crippen molar-refractivity contribution in [2.75, 3.05) is 20.2 Å². The van der Waals surface area contributed by atoms with Crippen LogP contribution in [0.25, 0.3) is 0 Å². The van der Waals surface area contributed by atoms with Crippen molar-refractivity contribution < 1.29 is 9.53 Å². The maximum Gasteiger partial charge on any atom is 0.209 e. The van der Waals surface area contributed by atoms with E-state index in [0.29, 0.717) is 11.3 Å². The van der Waals surface area contributed by atoms with Gasteiger partial charge >= 0.3 is 0 Å². The first-order valence-corrected chi connectivity index (χ1v) is 7.00. The maximum atomic E-state index is 10.7. The number of carbonyl (C=O) groups is 1. The van der Waals surface area contributed by atoms with Gasteiger partial charge in [0, 0.05) is 18.5 Å². The summed E-state index contributed by atoms with van der Waals surface area (Å²) in [5, 5.41) is 0. The Balaban J connectivity index is 1.77. The van der Waals surface area contributed by atoms with Crippen LogP contribution < -0.4 is 4.74 Å². The van der Waals surface area contributed by atoms with Crippen molar-refractivity contribution >= 4 is 6.41 Å². The topological polar surface area (TPSA) is 29.5 Å². The molecule has 3 heteroatoms. The highest BCUT2D eigenvalue weighted by atomic mass is 16.5. The predicted molar refractivity (Wildman–Crippen MR) is 74.4 cm³/mol. The van der Waals surface area contributed by atoms with Gasteiger partial charge in [-0.2, -0.15) is 0 Å². The van der Waals surface area contributed by atoms with Gasteiger partial charge in [-0.3, -0.25) is 4.79 Å². The van der Waals surface area contributed by atoms with Crippen molar-refractivity contribution in [3.05, 3.63) is 29.3 Å². The molecule has 1 aliphatic heterocycles. The smallest absolute Gasteiger partial charge is 0.209 e. The second-order valence-electron chi connectivity index (χ2n) is 6.12. The fourth-order valence-electron chi connectivity index (χ4n) is 3.94. The molecule has 1 atom stereocenters. The summed E-state index contributed by atoms with van der Waals surface area (Å²) in [4.78, 5) is 12.6. The lowest BCUT2D eigenvalue weighted by Gasteiger charge is -2.46. The minimum absolute atomic E-state index is 0.404. The number of hydrogen-bond donors (Lipinski definition) is 0. The van der Waals surface area contributed by atoms with Crippen LogP contribution in [0.5, 0.6) is 5.75 Å². The molecule has 3 rings (SSSR count). The summed E-state index contributed by atoms with van der Waals surface area (Å²) in [6.45, 7) is 4.06. The van der Waals surface area contributed by atoms with Gasteiger partial charge in [0.05, 0.1) is 7.11 Å². The third kappa shape index (κ3) is 2.01. The number of carbonyl (C=O) groups excluding carboxylic acids is 1. The van der Waals surface area contributed by atoms with E-state index in [1.807, 2.05) is 11.0 Å². The number of ether oxygens (including phenoxy) is 1. The van der Waals surface area contributed by atoms with Crippen molar-refractivity contribution in [1.29, 1.82) is 0 Å². The van der Waals surface area contributed by atoms with Gasteiger partial charge in [0.15, 0.2) is 0 Å². The molecule has 0 aromatic heterocycles. The van der Waals surface area contributed by atoms with E-state index in [2.05, 4.69) is 19.1 Å². The molecule has 1 aromatic rings. The summed E-state index contributed by atoms with van der Waals surface area (Å²) < 4.78 is 5.42. The van der Waals surface area contributed by atoms with Crippen LogP contribution in [0.15, 0.2) is 18.2 Å². The fraction of sp³-hybridized carbons (Fsp3) is 0.562. The Hall–Kier alpha value is -1.51. The molecular weight excluding hydrogens is 238 g/mol. The second-order valence-corrected chi connectivity index (χ2v) is 6.12. The summed E-state index contributed by atoms with van der Waals surface area (Å²) in [5.74, 6) is 1.62. The molecule has 1 saturated carbocycles. The van der Waals surface area contributed by atoms with Crippen LogP contribution >= 0.6 is 0 Å². The fourth-order valence-corrected chi connectivity index (χ4v) is 3.94. The number of hydrogen-bond acceptors (Lipinski definition) is 2. The molecule has 1 aliphatic carbocycles. The number of nitrogens with zero attached hydrogens (tertiary/aromatic N) is 1. The van der Waals surface area contributed by atoms with Crippen LogP contribution in [0.1, 0.15) is 36.3 Å². The minimum atomic E-state index is 0.404. The first kappa shape index (κ1) is 12.5. The van der Waals surface area contributed by atoms with Gasteiger partial charge in [0.1, 0.15) is 5.75 Å². The molecule has 102 valence electrons. The third-order valence-corrected chi connectivity index (χ3v) is 4.91. The maximum absolute atomic E-state index is 10.7.